The van der Waals surface area contributed by atoms with Gasteiger partial charge in [0.15, 0.2) is 17.4 Å². The quantitative estimate of drug-likeness (QED) is 0.541. The lowest BCUT2D eigenvalue weighted by atomic mass is 10.1. The summed E-state index contributed by atoms with van der Waals surface area (Å²) in [5.74, 6) is -7.60. The molecule has 1 amide bonds. The highest BCUT2D eigenvalue weighted by molar-refractivity contribution is 7.14. The van der Waals surface area contributed by atoms with Crippen molar-refractivity contribution in [3.8, 4) is 21.9 Å². The Morgan fingerprint density at radius 1 is 1.07 bits per heavy atom. The second-order valence-corrected chi connectivity index (χ2v) is 6.79. The van der Waals surface area contributed by atoms with Crippen LogP contribution in [0, 0.1) is 17.5 Å². The number of carboxylic acids is 1. The Kier molecular flexibility index (Phi) is 5.97. The van der Waals surface area contributed by atoms with Crippen LogP contribution in [0.2, 0.25) is 0 Å². The Morgan fingerprint density at radius 3 is 2.43 bits per heavy atom. The number of halogens is 3. The molecule has 10 heteroatoms. The summed E-state index contributed by atoms with van der Waals surface area (Å²) in [4.78, 5) is 24.6. The Labute approximate surface area is 172 Å². The number of carbonyl (C=O) groups excluding carboxylic acids is 1. The molecule has 0 saturated carbocycles. The molecule has 0 unspecified atom stereocenters. The Bertz CT molecular complexity index is 1150. The van der Waals surface area contributed by atoms with Crippen LogP contribution in [0.3, 0.4) is 0 Å². The van der Waals surface area contributed by atoms with Crippen LogP contribution >= 0.6 is 11.3 Å². The molecule has 0 radical (unpaired) electrons. The van der Waals surface area contributed by atoms with Crippen LogP contribution in [0.1, 0.15) is 20.7 Å². The zero-order valence-electron chi connectivity index (χ0n) is 15.6. The van der Waals surface area contributed by atoms with E-state index < -0.39 is 40.6 Å². The zero-order chi connectivity index (χ0) is 22.0. The number of rotatable bonds is 6. The van der Waals surface area contributed by atoms with Gasteiger partial charge >= 0.3 is 5.97 Å². The smallest absolute Gasteiger partial charge is 0.339 e. The molecule has 3 rings (SSSR count). The molecule has 6 nitrogen and oxygen atoms in total. The van der Waals surface area contributed by atoms with Gasteiger partial charge in [-0.2, -0.15) is 4.39 Å². The Hall–Kier alpha value is -3.53. The minimum Gasteiger partial charge on any atom is -0.497 e. The lowest BCUT2D eigenvalue weighted by Crippen LogP contribution is -2.17. The summed E-state index contributed by atoms with van der Waals surface area (Å²) < 4.78 is 51.5. The molecule has 0 atom stereocenters. The van der Waals surface area contributed by atoms with E-state index in [1.165, 1.54) is 12.5 Å². The topological polar surface area (TPSA) is 84.9 Å². The average molecular weight is 437 g/mol. The van der Waals surface area contributed by atoms with Crippen LogP contribution in [0.5, 0.6) is 11.5 Å². The van der Waals surface area contributed by atoms with Crippen molar-refractivity contribution in [1.29, 1.82) is 0 Å². The van der Waals surface area contributed by atoms with Gasteiger partial charge in [-0.15, -0.1) is 11.3 Å². The van der Waals surface area contributed by atoms with Gasteiger partial charge in [0.05, 0.1) is 30.3 Å². The monoisotopic (exact) mass is 437 g/mol. The fraction of sp³-hybridized carbons (Fsp3) is 0.100. The first-order valence-corrected chi connectivity index (χ1v) is 9.18. The highest BCUT2D eigenvalue weighted by atomic mass is 32.1. The number of aromatic carboxylic acids is 1. The number of thiophene rings is 1. The summed E-state index contributed by atoms with van der Waals surface area (Å²) in [5.41, 5.74) is -0.816. The van der Waals surface area contributed by atoms with Crippen LogP contribution in [-0.4, -0.2) is 31.2 Å². The van der Waals surface area contributed by atoms with Gasteiger partial charge < -0.3 is 19.9 Å². The number of anilines is 1. The highest BCUT2D eigenvalue weighted by Gasteiger charge is 2.26. The third kappa shape index (κ3) is 3.81. The molecule has 1 aromatic heterocycles. The maximum Gasteiger partial charge on any atom is 0.339 e. The first-order valence-electron chi connectivity index (χ1n) is 8.30. The maximum absolute atomic E-state index is 14.2. The second-order valence-electron chi connectivity index (χ2n) is 5.91. The molecule has 0 fully saturated rings. The molecule has 156 valence electrons. The Morgan fingerprint density at radius 2 is 1.80 bits per heavy atom. The van der Waals surface area contributed by atoms with Crippen LogP contribution in [0.15, 0.2) is 35.7 Å². The van der Waals surface area contributed by atoms with Crippen LogP contribution in [0.4, 0.5) is 18.9 Å². The minimum absolute atomic E-state index is 0.147. The fourth-order valence-corrected chi connectivity index (χ4v) is 3.75. The number of ether oxygens (including phenoxy) is 2. The number of nitrogens with one attached hydrogen (secondary N) is 1. The predicted octanol–water partition coefficient (Wildman–Crippen LogP) is 4.80. The molecule has 2 N–H and O–H groups in total. The van der Waals surface area contributed by atoms with E-state index in [2.05, 4.69) is 10.1 Å². The van der Waals surface area contributed by atoms with Crippen molar-refractivity contribution < 1.29 is 37.3 Å². The highest BCUT2D eigenvalue weighted by Crippen LogP contribution is 2.38. The van der Waals surface area contributed by atoms with Gasteiger partial charge in [-0.3, -0.25) is 4.79 Å². The summed E-state index contributed by atoms with van der Waals surface area (Å²) in [6, 6.07) is 7.08. The first kappa shape index (κ1) is 21.2. The van der Waals surface area contributed by atoms with Crippen molar-refractivity contribution in [2.24, 2.45) is 0 Å². The maximum atomic E-state index is 14.2. The van der Waals surface area contributed by atoms with E-state index in [0.29, 0.717) is 22.3 Å². The van der Waals surface area contributed by atoms with E-state index in [4.69, 9.17) is 4.74 Å². The summed E-state index contributed by atoms with van der Waals surface area (Å²) in [5, 5.41) is 13.2. The second kappa shape index (κ2) is 8.46. The van der Waals surface area contributed by atoms with Gasteiger partial charge in [0, 0.05) is 5.38 Å². The summed E-state index contributed by atoms with van der Waals surface area (Å²) in [6.07, 6.45) is 0. The molecule has 0 aliphatic carbocycles. The molecule has 0 saturated heterocycles. The van der Waals surface area contributed by atoms with Crippen molar-refractivity contribution in [3.63, 3.8) is 0 Å². The first-order chi connectivity index (χ1) is 14.3. The normalized spacial score (nSPS) is 10.6. The number of amides is 1. The number of benzene rings is 2. The van der Waals surface area contributed by atoms with Crippen molar-refractivity contribution in [2.45, 2.75) is 0 Å². The van der Waals surface area contributed by atoms with Crippen molar-refractivity contribution in [1.82, 2.24) is 0 Å². The summed E-state index contributed by atoms with van der Waals surface area (Å²) >= 11 is 1.02. The molecule has 30 heavy (non-hydrogen) atoms. The van der Waals surface area contributed by atoms with Gasteiger partial charge in [0.2, 0.25) is 5.82 Å². The molecular formula is C20H14F3NO5S. The van der Waals surface area contributed by atoms with Crippen molar-refractivity contribution in [2.75, 3.05) is 19.5 Å². The third-order valence-corrected chi connectivity index (χ3v) is 5.18. The average Bonchev–Trinajstić information content (AvgIpc) is 3.14. The SMILES string of the molecule is COc1cccc(-c2scc(NC(=O)c3cc(F)c(OC)c(F)c3F)c2C(=O)O)c1. The summed E-state index contributed by atoms with van der Waals surface area (Å²) in [7, 11) is 2.41. The molecule has 0 aliphatic rings. The van der Waals surface area contributed by atoms with Crippen molar-refractivity contribution >= 4 is 28.9 Å². The molecular weight excluding hydrogens is 423 g/mol. The number of carboxylic acid groups (broad SMARTS) is 1. The van der Waals surface area contributed by atoms with Crippen molar-refractivity contribution in [3.05, 3.63) is 64.3 Å². The van der Waals surface area contributed by atoms with Crippen LogP contribution in [-0.2, 0) is 0 Å². The van der Waals surface area contributed by atoms with E-state index in [-0.39, 0.29) is 11.3 Å². The van der Waals surface area contributed by atoms with Gasteiger partial charge in [-0.25, -0.2) is 13.6 Å². The number of hydrogen-bond acceptors (Lipinski definition) is 5. The van der Waals surface area contributed by atoms with Gasteiger partial charge in [-0.1, -0.05) is 12.1 Å². The molecule has 0 spiro atoms. The largest absolute Gasteiger partial charge is 0.497 e. The van der Waals surface area contributed by atoms with Gasteiger partial charge in [0.1, 0.15) is 11.3 Å². The van der Waals surface area contributed by atoms with Gasteiger partial charge in [0.25, 0.3) is 5.91 Å². The van der Waals surface area contributed by atoms with Crippen LogP contribution < -0.4 is 14.8 Å². The molecule has 0 aliphatic heterocycles. The lowest BCUT2D eigenvalue weighted by Gasteiger charge is -2.10. The third-order valence-electron chi connectivity index (χ3n) is 4.15. The number of hydrogen-bond donors (Lipinski definition) is 2. The van der Waals surface area contributed by atoms with Crippen LogP contribution in [0.25, 0.3) is 10.4 Å². The van der Waals surface area contributed by atoms with Gasteiger partial charge in [-0.05, 0) is 23.8 Å². The minimum atomic E-state index is -1.66. The van der Waals surface area contributed by atoms with E-state index in [9.17, 15) is 27.9 Å². The zero-order valence-corrected chi connectivity index (χ0v) is 16.4. The van der Waals surface area contributed by atoms with E-state index in [0.717, 1.165) is 18.4 Å². The number of carbonyl (C=O) groups is 2. The number of methoxy groups -OCH3 is 2. The molecule has 3 aromatic rings. The van der Waals surface area contributed by atoms with E-state index in [1.807, 2.05) is 0 Å². The summed E-state index contributed by atoms with van der Waals surface area (Å²) in [6.45, 7) is 0. The van der Waals surface area contributed by atoms with E-state index in [1.54, 1.807) is 24.3 Å². The molecule has 2 aromatic carbocycles. The standard InChI is InChI=1S/C20H14F3NO5S/c1-28-10-5-3-4-9(6-10)18-14(20(26)27)13(8-30-18)24-19(25)11-7-12(21)17(29-2)16(23)15(11)22/h3-8H,1-2H3,(H,24,25)(H,26,27). The molecule has 0 bridgehead atoms. The predicted molar refractivity (Wildman–Crippen MR) is 104 cm³/mol. The Balaban J connectivity index is 2.01. The van der Waals surface area contributed by atoms with E-state index >= 15 is 0 Å². The lowest BCUT2D eigenvalue weighted by molar-refractivity contribution is 0.0699. The fourth-order valence-electron chi connectivity index (χ4n) is 2.76. The molecule has 1 heterocycles.